The van der Waals surface area contributed by atoms with Gasteiger partial charge in [-0.15, -0.1) is 6.58 Å². The topological polar surface area (TPSA) is 36.4 Å². The second-order valence-electron chi connectivity index (χ2n) is 1.69. The third kappa shape index (κ3) is 6.93. The largest absolute Gasteiger partial charge is 0.387 e. The van der Waals surface area contributed by atoms with Crippen molar-refractivity contribution < 1.29 is 0 Å². The highest BCUT2D eigenvalue weighted by Gasteiger charge is 1.81. The van der Waals surface area contributed by atoms with Crippen LogP contribution in [-0.4, -0.2) is 18.8 Å². The average molecular weight is 174 g/mol. The molecule has 0 bridgehead atoms. The summed E-state index contributed by atoms with van der Waals surface area (Å²) >= 11 is 5.59. The highest BCUT2D eigenvalue weighted by atomic mass is 35.5. The molecule has 4 heteroatoms. The van der Waals surface area contributed by atoms with Gasteiger partial charge in [0.1, 0.15) is 5.17 Å². The van der Waals surface area contributed by atoms with Gasteiger partial charge in [0, 0.05) is 13.6 Å². The third-order valence-electron chi connectivity index (χ3n) is 0.820. The van der Waals surface area contributed by atoms with Gasteiger partial charge < -0.3 is 10.7 Å². The van der Waals surface area contributed by atoms with E-state index in [1.165, 1.54) is 0 Å². The van der Waals surface area contributed by atoms with Crippen LogP contribution in [0.2, 0.25) is 0 Å². The van der Waals surface area contributed by atoms with E-state index in [0.29, 0.717) is 5.17 Å². The SMILES string of the molecule is C=CCN/C=C/C(Cl)=N\NC. The lowest BCUT2D eigenvalue weighted by Gasteiger charge is -1.91. The van der Waals surface area contributed by atoms with Crippen molar-refractivity contribution in [2.24, 2.45) is 5.10 Å². The molecule has 0 fully saturated rings. The Morgan fingerprint density at radius 1 is 1.73 bits per heavy atom. The molecule has 0 rings (SSSR count). The minimum absolute atomic E-state index is 0.407. The van der Waals surface area contributed by atoms with Crippen molar-refractivity contribution in [3.63, 3.8) is 0 Å². The molecule has 0 amide bonds. The molecule has 0 aromatic rings. The lowest BCUT2D eigenvalue weighted by atomic mass is 10.6. The van der Waals surface area contributed by atoms with Crippen molar-refractivity contribution in [3.8, 4) is 0 Å². The predicted octanol–water partition coefficient (Wildman–Crippen LogP) is 1.05. The van der Waals surface area contributed by atoms with Gasteiger partial charge >= 0.3 is 0 Å². The van der Waals surface area contributed by atoms with Crippen LogP contribution in [0.4, 0.5) is 0 Å². The highest BCUT2D eigenvalue weighted by Crippen LogP contribution is 1.84. The van der Waals surface area contributed by atoms with Gasteiger partial charge in [-0.3, -0.25) is 0 Å². The van der Waals surface area contributed by atoms with Gasteiger partial charge in [0.25, 0.3) is 0 Å². The van der Waals surface area contributed by atoms with E-state index in [4.69, 9.17) is 11.6 Å². The molecule has 0 heterocycles. The van der Waals surface area contributed by atoms with Crippen LogP contribution in [-0.2, 0) is 0 Å². The number of nitrogens with one attached hydrogen (secondary N) is 2. The zero-order valence-electron chi connectivity index (χ0n) is 6.47. The van der Waals surface area contributed by atoms with E-state index < -0.39 is 0 Å². The fourth-order valence-corrected chi connectivity index (χ4v) is 0.571. The first-order valence-electron chi connectivity index (χ1n) is 3.22. The van der Waals surface area contributed by atoms with Gasteiger partial charge in [-0.25, -0.2) is 0 Å². The molecule has 2 N–H and O–H groups in total. The number of allylic oxidation sites excluding steroid dienone is 1. The van der Waals surface area contributed by atoms with E-state index in [0.717, 1.165) is 6.54 Å². The summed E-state index contributed by atoms with van der Waals surface area (Å²) in [6.07, 6.45) is 5.12. The molecular weight excluding hydrogens is 162 g/mol. The number of rotatable bonds is 5. The van der Waals surface area contributed by atoms with E-state index in [-0.39, 0.29) is 0 Å². The molecule has 0 radical (unpaired) electrons. The van der Waals surface area contributed by atoms with Crippen molar-refractivity contribution in [3.05, 3.63) is 24.9 Å². The van der Waals surface area contributed by atoms with Crippen molar-refractivity contribution in [1.29, 1.82) is 0 Å². The van der Waals surface area contributed by atoms with Crippen molar-refractivity contribution in [2.45, 2.75) is 0 Å². The smallest absolute Gasteiger partial charge is 0.150 e. The standard InChI is InChI=1S/C7H12ClN3/c1-3-5-10-6-4-7(8)11-9-2/h3-4,6,9-10H,1,5H2,2H3/b6-4+,11-7+. The van der Waals surface area contributed by atoms with E-state index in [1.807, 2.05) is 0 Å². The highest BCUT2D eigenvalue weighted by molar-refractivity contribution is 6.68. The summed E-state index contributed by atoms with van der Waals surface area (Å²) in [5.74, 6) is 0. The second kappa shape index (κ2) is 7.15. The first-order chi connectivity index (χ1) is 5.31. The van der Waals surface area contributed by atoms with Gasteiger partial charge in [0.2, 0.25) is 0 Å². The number of nitrogens with zero attached hydrogens (tertiary/aromatic N) is 1. The predicted molar refractivity (Wildman–Crippen MR) is 49.7 cm³/mol. The normalized spacial score (nSPS) is 11.6. The second-order valence-corrected chi connectivity index (χ2v) is 2.08. The Morgan fingerprint density at radius 3 is 3.00 bits per heavy atom. The monoisotopic (exact) mass is 173 g/mol. The number of hydrazone groups is 1. The van der Waals surface area contributed by atoms with Crippen LogP contribution in [0, 0.1) is 0 Å². The molecular formula is C7H12ClN3. The maximum absolute atomic E-state index is 5.59. The summed E-state index contributed by atoms with van der Waals surface area (Å²) in [6, 6.07) is 0. The molecule has 0 spiro atoms. The van der Waals surface area contributed by atoms with Crippen LogP contribution in [0.3, 0.4) is 0 Å². The Labute approximate surface area is 71.8 Å². The molecule has 0 unspecified atom stereocenters. The molecule has 0 saturated heterocycles. The van der Waals surface area contributed by atoms with E-state index in [1.54, 1.807) is 25.4 Å². The minimum Gasteiger partial charge on any atom is -0.387 e. The zero-order valence-corrected chi connectivity index (χ0v) is 7.23. The molecule has 0 atom stereocenters. The Bertz CT molecular complexity index is 163. The molecule has 3 nitrogen and oxygen atoms in total. The summed E-state index contributed by atoms with van der Waals surface area (Å²) in [6.45, 7) is 4.26. The summed E-state index contributed by atoms with van der Waals surface area (Å²) in [5.41, 5.74) is 2.57. The summed E-state index contributed by atoms with van der Waals surface area (Å²) < 4.78 is 0. The zero-order chi connectivity index (χ0) is 8.53. The Morgan fingerprint density at radius 2 is 2.45 bits per heavy atom. The molecule has 0 aliphatic carbocycles. The Kier molecular flexibility index (Phi) is 6.53. The van der Waals surface area contributed by atoms with Gasteiger partial charge in [-0.1, -0.05) is 17.7 Å². The fourth-order valence-electron chi connectivity index (χ4n) is 0.423. The Balaban J connectivity index is 3.55. The first-order valence-corrected chi connectivity index (χ1v) is 3.59. The quantitative estimate of drug-likeness (QED) is 0.282. The fraction of sp³-hybridized carbons (Fsp3) is 0.286. The molecule has 11 heavy (non-hydrogen) atoms. The first kappa shape index (κ1) is 10.0. The lowest BCUT2D eigenvalue weighted by Crippen LogP contribution is -2.04. The van der Waals surface area contributed by atoms with Crippen LogP contribution < -0.4 is 10.7 Å². The van der Waals surface area contributed by atoms with Crippen molar-refractivity contribution >= 4 is 16.8 Å². The minimum atomic E-state index is 0.407. The van der Waals surface area contributed by atoms with Crippen LogP contribution in [0.15, 0.2) is 30.0 Å². The molecule has 0 aromatic carbocycles. The van der Waals surface area contributed by atoms with Gasteiger partial charge in [-0.05, 0) is 12.3 Å². The summed E-state index contributed by atoms with van der Waals surface area (Å²) in [5, 5.41) is 7.04. The lowest BCUT2D eigenvalue weighted by molar-refractivity contribution is 0.906. The average Bonchev–Trinajstić information content (AvgIpc) is 1.99. The van der Waals surface area contributed by atoms with Crippen LogP contribution >= 0.6 is 11.6 Å². The number of hydrogen-bond donors (Lipinski definition) is 2. The maximum atomic E-state index is 5.59. The van der Waals surface area contributed by atoms with Crippen molar-refractivity contribution in [2.75, 3.05) is 13.6 Å². The van der Waals surface area contributed by atoms with Crippen molar-refractivity contribution in [1.82, 2.24) is 10.7 Å². The third-order valence-corrected chi connectivity index (χ3v) is 1.03. The van der Waals surface area contributed by atoms with Gasteiger partial charge in [0.05, 0.1) is 0 Å². The number of hydrogen-bond acceptors (Lipinski definition) is 3. The van der Waals surface area contributed by atoms with E-state index >= 15 is 0 Å². The Hall–Kier alpha value is -0.960. The van der Waals surface area contributed by atoms with Crippen LogP contribution in [0.1, 0.15) is 0 Å². The summed E-state index contributed by atoms with van der Waals surface area (Å²) in [4.78, 5) is 0. The molecule has 0 saturated carbocycles. The molecule has 0 aliphatic rings. The molecule has 62 valence electrons. The summed E-state index contributed by atoms with van der Waals surface area (Å²) in [7, 11) is 1.69. The van der Waals surface area contributed by atoms with Gasteiger partial charge in [-0.2, -0.15) is 5.10 Å². The molecule has 0 aromatic heterocycles. The number of halogens is 1. The van der Waals surface area contributed by atoms with Crippen LogP contribution in [0.25, 0.3) is 0 Å². The van der Waals surface area contributed by atoms with Crippen LogP contribution in [0.5, 0.6) is 0 Å². The van der Waals surface area contributed by atoms with E-state index in [9.17, 15) is 0 Å². The van der Waals surface area contributed by atoms with Gasteiger partial charge in [0.15, 0.2) is 0 Å². The van der Waals surface area contributed by atoms with E-state index in [2.05, 4.69) is 22.4 Å². The maximum Gasteiger partial charge on any atom is 0.150 e. The molecule has 0 aliphatic heterocycles.